The molecule has 0 saturated heterocycles. The minimum Gasteiger partial charge on any atom is -0.464 e. The molecule has 88 valence electrons. The lowest BCUT2D eigenvalue weighted by Crippen LogP contribution is -2.05. The minimum atomic E-state index is -0.445. The van der Waals surface area contributed by atoms with Crippen LogP contribution in [0.25, 0.3) is 5.82 Å². The predicted molar refractivity (Wildman–Crippen MR) is 62.2 cm³/mol. The molecule has 2 aromatic rings. The van der Waals surface area contributed by atoms with Crippen molar-refractivity contribution in [1.82, 2.24) is 14.8 Å². The number of hydrogen-bond acceptors (Lipinski definition) is 4. The van der Waals surface area contributed by atoms with E-state index in [4.69, 9.17) is 0 Å². The van der Waals surface area contributed by atoms with Gasteiger partial charge in [-0.2, -0.15) is 5.10 Å². The van der Waals surface area contributed by atoms with Crippen molar-refractivity contribution in [3.63, 3.8) is 0 Å². The van der Waals surface area contributed by atoms with Crippen LogP contribution < -0.4 is 0 Å². The topological polar surface area (TPSA) is 57.0 Å². The van der Waals surface area contributed by atoms with E-state index in [2.05, 4.69) is 14.8 Å². The molecule has 0 atom stereocenters. The van der Waals surface area contributed by atoms with Gasteiger partial charge in [0.2, 0.25) is 0 Å². The Morgan fingerprint density at radius 2 is 2.12 bits per heavy atom. The van der Waals surface area contributed by atoms with E-state index in [1.807, 2.05) is 26.0 Å². The van der Waals surface area contributed by atoms with Crippen molar-refractivity contribution in [2.75, 3.05) is 7.11 Å². The van der Waals surface area contributed by atoms with Gasteiger partial charge in [0.05, 0.1) is 7.11 Å². The van der Waals surface area contributed by atoms with Gasteiger partial charge in [0.1, 0.15) is 0 Å². The highest BCUT2D eigenvalue weighted by Gasteiger charge is 2.13. The third-order valence-corrected chi connectivity index (χ3v) is 2.40. The summed E-state index contributed by atoms with van der Waals surface area (Å²) in [7, 11) is 1.33. The number of hydrogen-bond donors (Lipinski definition) is 0. The molecule has 0 aliphatic carbocycles. The Morgan fingerprint density at radius 1 is 1.35 bits per heavy atom. The Labute approximate surface area is 99.1 Å². The largest absolute Gasteiger partial charge is 0.464 e. The number of carbonyl (C=O) groups excluding carboxylic acids is 1. The number of esters is 1. The fourth-order valence-corrected chi connectivity index (χ4v) is 1.55. The van der Waals surface area contributed by atoms with E-state index in [1.165, 1.54) is 7.11 Å². The van der Waals surface area contributed by atoms with Gasteiger partial charge in [-0.25, -0.2) is 14.5 Å². The van der Waals surface area contributed by atoms with Crippen LogP contribution in [0.5, 0.6) is 0 Å². The molecule has 0 aromatic carbocycles. The molecule has 0 saturated carbocycles. The highest BCUT2D eigenvalue weighted by atomic mass is 16.5. The summed E-state index contributed by atoms with van der Waals surface area (Å²) in [5.74, 6) is 0.247. The van der Waals surface area contributed by atoms with Crippen molar-refractivity contribution in [1.29, 1.82) is 0 Å². The van der Waals surface area contributed by atoms with Crippen molar-refractivity contribution in [3.05, 3.63) is 41.3 Å². The number of nitrogens with zero attached hydrogens (tertiary/aromatic N) is 3. The highest BCUT2D eigenvalue weighted by molar-refractivity contribution is 5.87. The summed E-state index contributed by atoms with van der Waals surface area (Å²) in [4.78, 5) is 15.6. The van der Waals surface area contributed by atoms with E-state index in [0.29, 0.717) is 5.82 Å². The summed E-state index contributed by atoms with van der Waals surface area (Å²) < 4.78 is 6.25. The van der Waals surface area contributed by atoms with Crippen LogP contribution in [0.4, 0.5) is 0 Å². The average Bonchev–Trinajstić information content (AvgIpc) is 2.70. The second-order valence-electron chi connectivity index (χ2n) is 3.77. The summed E-state index contributed by atoms with van der Waals surface area (Å²) in [5.41, 5.74) is 2.21. The molecule has 2 aromatic heterocycles. The van der Waals surface area contributed by atoms with Crippen LogP contribution in [0, 0.1) is 13.8 Å². The molecule has 0 N–H and O–H groups in total. The van der Waals surface area contributed by atoms with Crippen molar-refractivity contribution in [3.8, 4) is 5.82 Å². The van der Waals surface area contributed by atoms with Crippen LogP contribution >= 0.6 is 0 Å². The fraction of sp³-hybridized carbons (Fsp3) is 0.250. The van der Waals surface area contributed by atoms with Crippen LogP contribution in [0.2, 0.25) is 0 Å². The zero-order valence-corrected chi connectivity index (χ0v) is 9.97. The van der Waals surface area contributed by atoms with E-state index in [9.17, 15) is 4.79 Å². The van der Waals surface area contributed by atoms with Crippen molar-refractivity contribution < 1.29 is 9.53 Å². The maximum Gasteiger partial charge on any atom is 0.358 e. The van der Waals surface area contributed by atoms with Crippen LogP contribution in [-0.4, -0.2) is 27.8 Å². The number of aromatic nitrogens is 3. The number of carbonyl (C=O) groups is 1. The van der Waals surface area contributed by atoms with Gasteiger partial charge < -0.3 is 4.74 Å². The summed E-state index contributed by atoms with van der Waals surface area (Å²) in [6.07, 6.45) is 1.71. The Kier molecular flexibility index (Phi) is 2.91. The number of aryl methyl sites for hydroxylation is 2. The Morgan fingerprint density at radius 3 is 2.76 bits per heavy atom. The van der Waals surface area contributed by atoms with Gasteiger partial charge in [-0.3, -0.25) is 0 Å². The van der Waals surface area contributed by atoms with Gasteiger partial charge in [0.25, 0.3) is 0 Å². The highest BCUT2D eigenvalue weighted by Crippen LogP contribution is 2.11. The summed E-state index contributed by atoms with van der Waals surface area (Å²) >= 11 is 0. The maximum absolute atomic E-state index is 11.4. The quantitative estimate of drug-likeness (QED) is 0.738. The third-order valence-electron chi connectivity index (χ3n) is 2.40. The van der Waals surface area contributed by atoms with E-state index >= 15 is 0 Å². The van der Waals surface area contributed by atoms with E-state index in [1.54, 1.807) is 16.9 Å². The molecule has 0 amide bonds. The number of rotatable bonds is 2. The molecule has 5 nitrogen and oxygen atoms in total. The van der Waals surface area contributed by atoms with Gasteiger partial charge >= 0.3 is 5.97 Å². The third kappa shape index (κ3) is 2.18. The monoisotopic (exact) mass is 231 g/mol. The van der Waals surface area contributed by atoms with Crippen LogP contribution in [0.1, 0.15) is 21.7 Å². The van der Waals surface area contributed by atoms with Crippen molar-refractivity contribution in [2.45, 2.75) is 13.8 Å². The van der Waals surface area contributed by atoms with Crippen molar-refractivity contribution in [2.24, 2.45) is 0 Å². The molecule has 0 aliphatic heterocycles. The first-order valence-electron chi connectivity index (χ1n) is 5.20. The van der Waals surface area contributed by atoms with E-state index in [-0.39, 0.29) is 5.69 Å². The van der Waals surface area contributed by atoms with Crippen LogP contribution in [0.15, 0.2) is 24.4 Å². The van der Waals surface area contributed by atoms with Crippen LogP contribution in [0.3, 0.4) is 0 Å². The first-order valence-corrected chi connectivity index (χ1v) is 5.20. The molecule has 2 heterocycles. The molecule has 2 rings (SSSR count). The van der Waals surface area contributed by atoms with Gasteiger partial charge in [-0.1, -0.05) is 0 Å². The molecule has 0 radical (unpaired) electrons. The number of pyridine rings is 1. The van der Waals surface area contributed by atoms with Gasteiger partial charge in [-0.05, 0) is 37.6 Å². The Hall–Kier alpha value is -2.17. The molecule has 5 heteroatoms. The predicted octanol–water partition coefficient (Wildman–Crippen LogP) is 1.67. The van der Waals surface area contributed by atoms with Gasteiger partial charge in [0, 0.05) is 11.9 Å². The zero-order valence-electron chi connectivity index (χ0n) is 9.97. The lowest BCUT2D eigenvalue weighted by Gasteiger charge is -2.03. The smallest absolute Gasteiger partial charge is 0.358 e. The molecule has 0 unspecified atom stereocenters. The fourth-order valence-electron chi connectivity index (χ4n) is 1.55. The van der Waals surface area contributed by atoms with E-state index < -0.39 is 5.97 Å². The summed E-state index contributed by atoms with van der Waals surface area (Å²) in [6.45, 7) is 3.84. The second kappa shape index (κ2) is 4.37. The number of ether oxygens (including phenoxy) is 1. The molecule has 0 aliphatic rings. The standard InChI is InChI=1S/C12H13N3O2/c1-8-4-5-13-11(6-8)15-9(2)7-10(14-15)12(16)17-3/h4-7H,1-3H3. The molecule has 0 bridgehead atoms. The summed E-state index contributed by atoms with van der Waals surface area (Å²) in [5, 5.41) is 4.17. The second-order valence-corrected chi connectivity index (χ2v) is 3.77. The summed E-state index contributed by atoms with van der Waals surface area (Å²) in [6, 6.07) is 5.49. The lowest BCUT2D eigenvalue weighted by atomic mass is 10.3. The normalized spacial score (nSPS) is 10.3. The lowest BCUT2D eigenvalue weighted by molar-refractivity contribution is 0.0593. The maximum atomic E-state index is 11.4. The van der Waals surface area contributed by atoms with Crippen LogP contribution in [-0.2, 0) is 4.74 Å². The van der Waals surface area contributed by atoms with Gasteiger partial charge in [-0.15, -0.1) is 0 Å². The minimum absolute atomic E-state index is 0.285. The SMILES string of the molecule is COC(=O)c1cc(C)n(-c2cc(C)ccn2)n1. The first kappa shape index (κ1) is 11.3. The molecule has 0 fully saturated rings. The Balaban J connectivity index is 2.46. The molecular formula is C12H13N3O2. The first-order chi connectivity index (χ1) is 8.11. The van der Waals surface area contributed by atoms with Gasteiger partial charge in [0.15, 0.2) is 11.5 Å². The van der Waals surface area contributed by atoms with E-state index in [0.717, 1.165) is 11.3 Å². The molecule has 0 spiro atoms. The van der Waals surface area contributed by atoms with Crippen molar-refractivity contribution >= 4 is 5.97 Å². The Bertz CT molecular complexity index is 561. The zero-order chi connectivity index (χ0) is 12.4. The average molecular weight is 231 g/mol. The number of methoxy groups -OCH3 is 1. The molecule has 17 heavy (non-hydrogen) atoms. The molecular weight excluding hydrogens is 218 g/mol.